The number of thiazole rings is 1. The van der Waals surface area contributed by atoms with E-state index >= 15 is 0 Å². The van der Waals surface area contributed by atoms with Crippen LogP contribution in [-0.4, -0.2) is 10.1 Å². The molecule has 0 spiro atoms. The molecule has 0 bridgehead atoms. The van der Waals surface area contributed by atoms with Crippen molar-refractivity contribution in [2.75, 3.05) is 0 Å². The Labute approximate surface area is 159 Å². The molecule has 9 heteroatoms. The zero-order valence-electron chi connectivity index (χ0n) is 12.6. The molecule has 0 fully saturated rings. The molecule has 0 aliphatic carbocycles. The van der Waals surface area contributed by atoms with Gasteiger partial charge >= 0.3 is 6.18 Å². The Morgan fingerprint density at radius 1 is 1.15 bits per heavy atom. The van der Waals surface area contributed by atoms with Gasteiger partial charge in [0.1, 0.15) is 22.4 Å². The van der Waals surface area contributed by atoms with E-state index in [-0.39, 0.29) is 31.7 Å². The first-order valence-electron chi connectivity index (χ1n) is 6.98. The number of aromatic nitrogens is 1. The topological polar surface area (TPSA) is 56.9 Å². The molecule has 26 heavy (non-hydrogen) atoms. The molecule has 3 nitrogen and oxygen atoms in total. The number of halogens is 5. The molecule has 0 aliphatic rings. The van der Waals surface area contributed by atoms with Gasteiger partial charge in [-0.2, -0.15) is 18.4 Å². The van der Waals surface area contributed by atoms with Crippen molar-refractivity contribution < 1.29 is 18.3 Å². The van der Waals surface area contributed by atoms with E-state index in [9.17, 15) is 23.5 Å². The van der Waals surface area contributed by atoms with Crippen LogP contribution in [0.4, 0.5) is 13.2 Å². The van der Waals surface area contributed by atoms with Crippen LogP contribution < -0.4 is 0 Å². The molecule has 2 aromatic carbocycles. The van der Waals surface area contributed by atoms with E-state index in [0.717, 1.165) is 23.5 Å². The van der Waals surface area contributed by atoms with E-state index in [0.29, 0.717) is 4.70 Å². The zero-order chi connectivity index (χ0) is 19.1. The van der Waals surface area contributed by atoms with Gasteiger partial charge in [0.25, 0.3) is 0 Å². The Kier molecular flexibility index (Phi) is 4.84. The normalized spacial score (nSPS) is 12.8. The molecule has 0 unspecified atom stereocenters. The number of hydrogen-bond acceptors (Lipinski definition) is 4. The predicted octanol–water partition coefficient (Wildman–Crippen LogP) is 6.57. The second-order valence-electron chi connectivity index (χ2n) is 5.13. The fraction of sp³-hybridized carbons (Fsp3) is 0.0588. The lowest BCUT2D eigenvalue weighted by atomic mass is 10.1. The first kappa shape index (κ1) is 18.5. The highest BCUT2D eigenvalue weighted by molar-refractivity contribution is 7.19. The predicted molar refractivity (Wildman–Crippen MR) is 96.1 cm³/mol. The molecule has 0 saturated heterocycles. The van der Waals surface area contributed by atoms with Gasteiger partial charge in [-0.25, -0.2) is 4.98 Å². The van der Waals surface area contributed by atoms with Crippen LogP contribution in [0.1, 0.15) is 16.1 Å². The van der Waals surface area contributed by atoms with Crippen molar-refractivity contribution >= 4 is 56.1 Å². The maximum absolute atomic E-state index is 12.8. The van der Waals surface area contributed by atoms with E-state index in [4.69, 9.17) is 23.2 Å². The third-order valence-electron chi connectivity index (χ3n) is 3.48. The van der Waals surface area contributed by atoms with Crippen molar-refractivity contribution in [3.8, 4) is 6.07 Å². The zero-order valence-corrected chi connectivity index (χ0v) is 14.9. The summed E-state index contributed by atoms with van der Waals surface area (Å²) < 4.78 is 38.9. The number of alkyl halides is 3. The number of nitriles is 1. The van der Waals surface area contributed by atoms with E-state index in [2.05, 4.69) is 4.98 Å². The molecular formula is C17H7Cl2F3N2OS. The Morgan fingerprint density at radius 3 is 2.38 bits per heavy atom. The number of benzene rings is 2. The van der Waals surface area contributed by atoms with Gasteiger partial charge in [0.05, 0.1) is 31.4 Å². The van der Waals surface area contributed by atoms with Crippen LogP contribution in [0.5, 0.6) is 0 Å². The van der Waals surface area contributed by atoms with Crippen molar-refractivity contribution in [2.45, 2.75) is 6.18 Å². The number of aliphatic hydroxyl groups excluding tert-OH is 1. The SMILES string of the molecule is N#C/C(=C(/O)c1c(Cl)cccc1Cl)c1nc2cc(C(F)(F)F)ccc2s1. The smallest absolute Gasteiger partial charge is 0.416 e. The van der Waals surface area contributed by atoms with Crippen LogP contribution >= 0.6 is 34.5 Å². The van der Waals surface area contributed by atoms with Crippen LogP contribution in [0.15, 0.2) is 36.4 Å². The van der Waals surface area contributed by atoms with Gasteiger partial charge in [-0.05, 0) is 30.3 Å². The first-order chi connectivity index (χ1) is 12.2. The average Bonchev–Trinajstić information content (AvgIpc) is 2.97. The van der Waals surface area contributed by atoms with E-state index < -0.39 is 17.5 Å². The monoisotopic (exact) mass is 414 g/mol. The van der Waals surface area contributed by atoms with Crippen LogP contribution in [0, 0.1) is 11.3 Å². The van der Waals surface area contributed by atoms with Crippen LogP contribution in [0.3, 0.4) is 0 Å². The number of aliphatic hydroxyl groups is 1. The van der Waals surface area contributed by atoms with Crippen LogP contribution in [0.2, 0.25) is 10.0 Å². The lowest BCUT2D eigenvalue weighted by Crippen LogP contribution is -2.03. The Bertz CT molecular complexity index is 1060. The number of hydrogen-bond donors (Lipinski definition) is 1. The molecule has 0 saturated carbocycles. The van der Waals surface area contributed by atoms with E-state index in [1.807, 2.05) is 6.07 Å². The number of nitrogens with zero attached hydrogens (tertiary/aromatic N) is 2. The fourth-order valence-corrected chi connectivity index (χ4v) is 3.78. The van der Waals surface area contributed by atoms with Gasteiger partial charge in [0.15, 0.2) is 0 Å². The molecule has 1 aromatic heterocycles. The number of allylic oxidation sites excluding steroid dienone is 1. The van der Waals surface area contributed by atoms with Crippen molar-refractivity contribution in [1.29, 1.82) is 5.26 Å². The molecule has 0 atom stereocenters. The third kappa shape index (κ3) is 3.36. The Hall–Kier alpha value is -2.27. The molecule has 0 amide bonds. The second-order valence-corrected chi connectivity index (χ2v) is 6.98. The maximum Gasteiger partial charge on any atom is 0.416 e. The van der Waals surface area contributed by atoms with E-state index in [1.54, 1.807) is 6.07 Å². The summed E-state index contributed by atoms with van der Waals surface area (Å²) in [5.41, 5.74) is -0.939. The number of rotatable bonds is 2. The second kappa shape index (κ2) is 6.80. The molecule has 132 valence electrons. The van der Waals surface area contributed by atoms with Gasteiger partial charge in [0.2, 0.25) is 0 Å². The van der Waals surface area contributed by atoms with Gasteiger partial charge in [-0.1, -0.05) is 29.3 Å². The van der Waals surface area contributed by atoms with Crippen molar-refractivity contribution in [2.24, 2.45) is 0 Å². The Morgan fingerprint density at radius 2 is 1.81 bits per heavy atom. The molecule has 3 aromatic rings. The lowest BCUT2D eigenvalue weighted by molar-refractivity contribution is -0.137. The van der Waals surface area contributed by atoms with Crippen molar-refractivity contribution in [3.05, 3.63) is 62.6 Å². The summed E-state index contributed by atoms with van der Waals surface area (Å²) >= 11 is 13.0. The van der Waals surface area contributed by atoms with Crippen LogP contribution in [-0.2, 0) is 6.18 Å². The quantitative estimate of drug-likeness (QED) is 0.380. The van der Waals surface area contributed by atoms with Gasteiger partial charge in [-0.3, -0.25) is 0 Å². The van der Waals surface area contributed by atoms with Crippen molar-refractivity contribution in [1.82, 2.24) is 4.98 Å². The molecule has 1 heterocycles. The highest BCUT2D eigenvalue weighted by Gasteiger charge is 2.31. The summed E-state index contributed by atoms with van der Waals surface area (Å²) in [5.74, 6) is -0.488. The molecule has 0 aliphatic heterocycles. The van der Waals surface area contributed by atoms with E-state index in [1.165, 1.54) is 18.2 Å². The molecular weight excluding hydrogens is 408 g/mol. The highest BCUT2D eigenvalue weighted by atomic mass is 35.5. The fourth-order valence-electron chi connectivity index (χ4n) is 2.26. The van der Waals surface area contributed by atoms with Gasteiger partial charge in [0, 0.05) is 0 Å². The van der Waals surface area contributed by atoms with Gasteiger partial charge in [-0.15, -0.1) is 11.3 Å². The minimum absolute atomic E-state index is 0.0580. The number of fused-ring (bicyclic) bond motifs is 1. The lowest BCUT2D eigenvalue weighted by Gasteiger charge is -2.07. The average molecular weight is 415 g/mol. The van der Waals surface area contributed by atoms with Crippen molar-refractivity contribution in [3.63, 3.8) is 0 Å². The third-order valence-corrected chi connectivity index (χ3v) is 5.16. The minimum atomic E-state index is -4.50. The summed E-state index contributed by atoms with van der Waals surface area (Å²) in [5, 5.41) is 20.2. The first-order valence-corrected chi connectivity index (χ1v) is 8.55. The summed E-state index contributed by atoms with van der Waals surface area (Å²) in [6.45, 7) is 0. The summed E-state index contributed by atoms with van der Waals surface area (Å²) in [7, 11) is 0. The molecule has 0 radical (unpaired) electrons. The Balaban J connectivity index is 2.18. The molecule has 1 N–H and O–H groups in total. The highest BCUT2D eigenvalue weighted by Crippen LogP contribution is 2.37. The largest absolute Gasteiger partial charge is 0.506 e. The summed E-state index contributed by atoms with van der Waals surface area (Å²) in [6.07, 6.45) is -4.50. The molecule has 3 rings (SSSR count). The van der Waals surface area contributed by atoms with Gasteiger partial charge < -0.3 is 5.11 Å². The minimum Gasteiger partial charge on any atom is -0.506 e. The maximum atomic E-state index is 12.8. The van der Waals surface area contributed by atoms with Crippen LogP contribution in [0.25, 0.3) is 21.5 Å². The summed E-state index contributed by atoms with van der Waals surface area (Å²) in [4.78, 5) is 4.06. The summed E-state index contributed by atoms with van der Waals surface area (Å²) in [6, 6.07) is 9.46. The standard InChI is InChI=1S/C17H7Cl2F3N2OS/c18-10-2-1-3-11(19)14(10)15(25)9(7-23)16-24-12-6-8(17(20,21)22)4-5-13(12)26-16/h1-6,25H/b15-9-.